The Morgan fingerprint density at radius 3 is 1.16 bits per heavy atom. The highest BCUT2D eigenvalue weighted by Gasteiger charge is 2.59. The first-order chi connectivity index (χ1) is 8.09. The van der Waals surface area contributed by atoms with E-state index in [1.165, 1.54) is 0 Å². The van der Waals surface area contributed by atoms with E-state index >= 15 is 0 Å². The Labute approximate surface area is 107 Å². The quantitative estimate of drug-likeness (QED) is 0.410. The topological polar surface area (TPSA) is 193 Å². The molecule has 112 valence electrons. The normalized spacial score (nSPS) is 19.2. The summed E-state index contributed by atoms with van der Waals surface area (Å²) in [6, 6.07) is 0. The zero-order chi connectivity index (χ0) is 15.9. The van der Waals surface area contributed by atoms with Crippen molar-refractivity contribution < 1.29 is 50.5 Å². The minimum atomic E-state index is -5.55. The minimum absolute atomic E-state index is 0.205. The van der Waals surface area contributed by atoms with Gasteiger partial charge in [-0.25, -0.2) is 9.59 Å². The van der Waals surface area contributed by atoms with E-state index in [0.29, 0.717) is 0 Å². The van der Waals surface area contributed by atoms with Crippen molar-refractivity contribution in [2.75, 3.05) is 0 Å². The molecule has 0 aliphatic rings. The molecule has 0 amide bonds. The van der Waals surface area contributed by atoms with Crippen molar-refractivity contribution in [3.05, 3.63) is 0 Å². The first kappa shape index (κ1) is 17.7. The van der Waals surface area contributed by atoms with Gasteiger partial charge in [0.2, 0.25) is 0 Å². The van der Waals surface area contributed by atoms with Crippen molar-refractivity contribution >= 4 is 32.2 Å². The van der Waals surface area contributed by atoms with E-state index < -0.39 is 42.0 Å². The second kappa shape index (κ2) is 4.68. The Kier molecular flexibility index (Phi) is 4.36. The molecule has 0 aromatic rings. The van der Waals surface area contributed by atoms with Gasteiger partial charge in [-0.2, -0.15) is 16.8 Å². The SMILES string of the molecule is CC(OC(C)(C(=O)O)S(=O)(=O)O)(C(=O)O)S(=O)(=O)O. The molecule has 0 aromatic carbocycles. The first-order valence-corrected chi connectivity index (χ1v) is 7.08. The predicted octanol–water partition coefficient (Wildman–Crippen LogP) is -1.62. The molecule has 0 rings (SSSR count). The van der Waals surface area contributed by atoms with Crippen molar-refractivity contribution in [3.63, 3.8) is 0 Å². The molecule has 0 saturated carbocycles. The average molecular weight is 322 g/mol. The third-order valence-corrected chi connectivity index (χ3v) is 4.64. The molecule has 0 aromatic heterocycles. The average Bonchev–Trinajstić information content (AvgIpc) is 2.12. The molecule has 0 fully saturated rings. The lowest BCUT2D eigenvalue weighted by Crippen LogP contribution is -2.57. The van der Waals surface area contributed by atoms with Crippen LogP contribution in [0.2, 0.25) is 0 Å². The zero-order valence-electron chi connectivity index (χ0n) is 9.46. The summed E-state index contributed by atoms with van der Waals surface area (Å²) < 4.78 is 65.0. The molecular weight excluding hydrogens is 312 g/mol. The Balaban J connectivity index is 6.14. The Morgan fingerprint density at radius 2 is 1.05 bits per heavy atom. The lowest BCUT2D eigenvalue weighted by atomic mass is 10.3. The third kappa shape index (κ3) is 3.01. The Hall–Kier alpha value is -1.28. The lowest BCUT2D eigenvalue weighted by Gasteiger charge is -2.30. The van der Waals surface area contributed by atoms with Crippen LogP contribution in [0.15, 0.2) is 0 Å². The van der Waals surface area contributed by atoms with Crippen LogP contribution in [0.5, 0.6) is 0 Å². The molecule has 0 aliphatic heterocycles. The number of carboxylic acids is 2. The Morgan fingerprint density at radius 1 is 0.842 bits per heavy atom. The molecule has 2 unspecified atom stereocenters. The zero-order valence-corrected chi connectivity index (χ0v) is 11.1. The molecule has 13 heteroatoms. The van der Waals surface area contributed by atoms with E-state index in [0.717, 1.165) is 0 Å². The van der Waals surface area contributed by atoms with Gasteiger partial charge in [0.25, 0.3) is 9.87 Å². The molecule has 19 heavy (non-hydrogen) atoms. The van der Waals surface area contributed by atoms with Crippen molar-refractivity contribution in [1.82, 2.24) is 0 Å². The summed E-state index contributed by atoms with van der Waals surface area (Å²) in [5.41, 5.74) is 0. The monoisotopic (exact) mass is 322 g/mol. The van der Waals surface area contributed by atoms with Crippen LogP contribution >= 0.6 is 0 Å². The van der Waals surface area contributed by atoms with Crippen LogP contribution in [0.3, 0.4) is 0 Å². The number of carbonyl (C=O) groups is 2. The third-order valence-electron chi connectivity index (χ3n) is 2.15. The standard InChI is InChI=1S/C6H10O11S2/c1-5(3(7)8,18(11,12)13)17-6(2,4(9)10)19(14,15)16/h1-2H3,(H,7,8)(H,9,10)(H,11,12,13)(H,14,15,16). The van der Waals surface area contributed by atoms with E-state index in [2.05, 4.69) is 4.74 Å². The van der Waals surface area contributed by atoms with Crippen LogP contribution in [0.1, 0.15) is 13.8 Å². The van der Waals surface area contributed by atoms with Crippen LogP contribution in [0, 0.1) is 0 Å². The summed E-state index contributed by atoms with van der Waals surface area (Å²) in [6.07, 6.45) is 0. The highest BCUT2D eigenvalue weighted by Crippen LogP contribution is 2.29. The molecule has 0 radical (unpaired) electrons. The van der Waals surface area contributed by atoms with E-state index in [1.807, 2.05) is 0 Å². The molecule has 4 N–H and O–H groups in total. The highest BCUT2D eigenvalue weighted by molar-refractivity contribution is 7.88. The van der Waals surface area contributed by atoms with Crippen molar-refractivity contribution in [3.8, 4) is 0 Å². The van der Waals surface area contributed by atoms with Crippen molar-refractivity contribution in [2.24, 2.45) is 0 Å². The Bertz CT molecular complexity index is 547. The van der Waals surface area contributed by atoms with Gasteiger partial charge >= 0.3 is 32.2 Å². The fourth-order valence-corrected chi connectivity index (χ4v) is 1.82. The van der Waals surface area contributed by atoms with Gasteiger partial charge in [-0.15, -0.1) is 0 Å². The van der Waals surface area contributed by atoms with Crippen LogP contribution in [-0.2, 0) is 34.6 Å². The van der Waals surface area contributed by atoms with Crippen molar-refractivity contribution in [1.29, 1.82) is 0 Å². The highest BCUT2D eigenvalue weighted by atomic mass is 32.2. The molecule has 11 nitrogen and oxygen atoms in total. The molecule has 0 heterocycles. The summed E-state index contributed by atoms with van der Waals surface area (Å²) in [5, 5.41) is 17.3. The van der Waals surface area contributed by atoms with Crippen LogP contribution in [0.4, 0.5) is 0 Å². The maximum absolute atomic E-state index is 10.9. The predicted molar refractivity (Wildman–Crippen MR) is 56.3 cm³/mol. The van der Waals surface area contributed by atoms with Gasteiger partial charge in [0.05, 0.1) is 0 Å². The lowest BCUT2D eigenvalue weighted by molar-refractivity contribution is -0.173. The molecule has 0 bridgehead atoms. The number of carboxylic acid groups (broad SMARTS) is 2. The van der Waals surface area contributed by atoms with Gasteiger partial charge in [0.15, 0.2) is 0 Å². The van der Waals surface area contributed by atoms with Gasteiger partial charge in [-0.05, 0) is 13.8 Å². The summed E-state index contributed by atoms with van der Waals surface area (Å²) in [6.45, 7) is 0.411. The number of hydrogen-bond acceptors (Lipinski definition) is 7. The van der Waals surface area contributed by atoms with Crippen LogP contribution < -0.4 is 0 Å². The number of hydrogen-bond donors (Lipinski definition) is 4. The fraction of sp³-hybridized carbons (Fsp3) is 0.667. The fourth-order valence-electron chi connectivity index (χ4n) is 0.785. The van der Waals surface area contributed by atoms with Crippen molar-refractivity contribution in [2.45, 2.75) is 23.7 Å². The van der Waals surface area contributed by atoms with Gasteiger partial charge in [0, 0.05) is 0 Å². The van der Waals surface area contributed by atoms with E-state index in [1.54, 1.807) is 0 Å². The van der Waals surface area contributed by atoms with Gasteiger partial charge in [-0.1, -0.05) is 0 Å². The van der Waals surface area contributed by atoms with E-state index in [-0.39, 0.29) is 13.8 Å². The molecule has 0 aliphatic carbocycles. The first-order valence-electron chi connectivity index (χ1n) is 4.20. The second-order valence-electron chi connectivity index (χ2n) is 3.55. The van der Waals surface area contributed by atoms with Gasteiger partial charge in [0.1, 0.15) is 0 Å². The largest absolute Gasteiger partial charge is 0.478 e. The number of ether oxygens (including phenoxy) is 1. The molecule has 0 spiro atoms. The maximum atomic E-state index is 10.9. The summed E-state index contributed by atoms with van der Waals surface area (Å²) in [7, 11) is -11.1. The summed E-state index contributed by atoms with van der Waals surface area (Å²) >= 11 is 0. The van der Waals surface area contributed by atoms with Crippen LogP contribution in [-0.4, -0.2) is 58.0 Å². The molecule has 0 saturated heterocycles. The number of rotatable bonds is 6. The van der Waals surface area contributed by atoms with Gasteiger partial charge in [-0.3, -0.25) is 9.11 Å². The number of aliphatic carboxylic acids is 2. The van der Waals surface area contributed by atoms with Crippen LogP contribution in [0.25, 0.3) is 0 Å². The van der Waals surface area contributed by atoms with E-state index in [9.17, 15) is 26.4 Å². The minimum Gasteiger partial charge on any atom is -0.478 e. The summed E-state index contributed by atoms with van der Waals surface area (Å²) in [4.78, 5) is 14.3. The maximum Gasteiger partial charge on any atom is 0.354 e. The second-order valence-corrected chi connectivity index (χ2v) is 7.01. The van der Waals surface area contributed by atoms with Gasteiger partial charge < -0.3 is 14.9 Å². The summed E-state index contributed by atoms with van der Waals surface area (Å²) in [5.74, 6) is -4.77. The molecular formula is C6H10O11S2. The molecule has 2 atom stereocenters. The van der Waals surface area contributed by atoms with E-state index in [4.69, 9.17) is 19.3 Å². The smallest absolute Gasteiger partial charge is 0.354 e.